The molecule has 33 heavy (non-hydrogen) atoms. The van der Waals surface area contributed by atoms with Gasteiger partial charge in [0.25, 0.3) is 11.6 Å². The number of halogens is 4. The van der Waals surface area contributed by atoms with Gasteiger partial charge in [-0.3, -0.25) is 4.79 Å². The van der Waals surface area contributed by atoms with Crippen molar-refractivity contribution in [2.75, 3.05) is 5.32 Å². The minimum absolute atomic E-state index is 0.0551. The van der Waals surface area contributed by atoms with Crippen molar-refractivity contribution in [2.24, 2.45) is 0 Å². The Morgan fingerprint density at radius 3 is 2.58 bits per heavy atom. The van der Waals surface area contributed by atoms with E-state index >= 15 is 0 Å². The van der Waals surface area contributed by atoms with Gasteiger partial charge in [0.15, 0.2) is 5.82 Å². The molecule has 0 spiro atoms. The van der Waals surface area contributed by atoms with Crippen LogP contribution in [0.4, 0.5) is 23.2 Å². The van der Waals surface area contributed by atoms with E-state index < -0.39 is 23.7 Å². The zero-order chi connectivity index (χ0) is 23.9. The molecule has 4 rings (SSSR count). The molecule has 0 aliphatic carbocycles. The van der Waals surface area contributed by atoms with Crippen LogP contribution in [-0.4, -0.2) is 45.7 Å². The lowest BCUT2D eigenvalue weighted by Gasteiger charge is -2.11. The highest BCUT2D eigenvalue weighted by Gasteiger charge is 2.37. The van der Waals surface area contributed by atoms with Crippen molar-refractivity contribution in [2.45, 2.75) is 39.8 Å². The van der Waals surface area contributed by atoms with E-state index in [9.17, 15) is 22.4 Å². The molecule has 4 aromatic rings. The van der Waals surface area contributed by atoms with Crippen LogP contribution in [0.2, 0.25) is 0 Å². The van der Waals surface area contributed by atoms with Crippen LogP contribution in [0.5, 0.6) is 0 Å². The number of aryl methyl sites for hydroxylation is 3. The number of hydrogen-bond acceptors (Lipinski definition) is 7. The number of rotatable bonds is 5. The second-order valence-electron chi connectivity index (χ2n) is 7.26. The summed E-state index contributed by atoms with van der Waals surface area (Å²) in [6, 6.07) is 4.05. The van der Waals surface area contributed by atoms with Gasteiger partial charge < -0.3 is 5.32 Å². The number of tetrazole rings is 1. The van der Waals surface area contributed by atoms with E-state index in [-0.39, 0.29) is 24.3 Å². The van der Waals surface area contributed by atoms with Gasteiger partial charge in [0.2, 0.25) is 5.91 Å². The van der Waals surface area contributed by atoms with Gasteiger partial charge in [-0.05, 0) is 61.4 Å². The first kappa shape index (κ1) is 22.2. The smallest absolute Gasteiger partial charge is 0.324 e. The van der Waals surface area contributed by atoms with Crippen molar-refractivity contribution in [1.82, 2.24) is 39.8 Å². The van der Waals surface area contributed by atoms with Gasteiger partial charge in [-0.1, -0.05) is 0 Å². The van der Waals surface area contributed by atoms with E-state index in [0.717, 1.165) is 4.52 Å². The summed E-state index contributed by atoms with van der Waals surface area (Å²) in [4.78, 5) is 20.0. The first-order valence-electron chi connectivity index (χ1n) is 9.69. The summed E-state index contributed by atoms with van der Waals surface area (Å²) in [5, 5.41) is 17.1. The molecule has 14 heteroatoms. The number of nitrogens with one attached hydrogen (secondary N) is 1. The van der Waals surface area contributed by atoms with Crippen LogP contribution in [0.3, 0.4) is 0 Å². The lowest BCUT2D eigenvalue weighted by molar-refractivity contribution is -0.144. The van der Waals surface area contributed by atoms with E-state index in [1.165, 1.54) is 22.9 Å². The number of hydrogen-bond donors (Lipinski definition) is 1. The summed E-state index contributed by atoms with van der Waals surface area (Å²) >= 11 is 0. The molecule has 0 fully saturated rings. The van der Waals surface area contributed by atoms with E-state index in [1.54, 1.807) is 20.8 Å². The first-order chi connectivity index (χ1) is 15.5. The van der Waals surface area contributed by atoms with Crippen molar-refractivity contribution in [3.05, 3.63) is 52.6 Å². The molecule has 0 aliphatic heterocycles. The Bertz CT molecular complexity index is 1360. The van der Waals surface area contributed by atoms with Gasteiger partial charge in [-0.15, -0.1) is 10.2 Å². The maximum absolute atomic E-state index is 14.2. The van der Waals surface area contributed by atoms with Gasteiger partial charge in [0.05, 0.1) is 11.4 Å². The Labute approximate surface area is 183 Å². The maximum Gasteiger partial charge on any atom is 0.453 e. The van der Waals surface area contributed by atoms with Crippen molar-refractivity contribution in [3.8, 4) is 5.69 Å². The molecule has 0 unspecified atom stereocenters. The molecule has 1 aromatic carbocycles. The summed E-state index contributed by atoms with van der Waals surface area (Å²) < 4.78 is 55.4. The van der Waals surface area contributed by atoms with Crippen LogP contribution >= 0.6 is 0 Å². The molecule has 0 aliphatic rings. The number of carbonyl (C=O) groups is 1. The molecular formula is C19H17F4N9O. The van der Waals surface area contributed by atoms with E-state index in [0.29, 0.717) is 28.5 Å². The van der Waals surface area contributed by atoms with Crippen molar-refractivity contribution in [3.63, 3.8) is 0 Å². The molecule has 1 N–H and O–H groups in total. The third-order valence-corrected chi connectivity index (χ3v) is 5.00. The van der Waals surface area contributed by atoms with Crippen LogP contribution in [-0.2, 0) is 17.4 Å². The Morgan fingerprint density at radius 2 is 1.91 bits per heavy atom. The SMILES string of the molecule is Cc1nc2nc(C(F)(F)F)nn2c(C)c1CCC(=O)Nc1cc(-n2nnnc2C)ccc1F. The third kappa shape index (κ3) is 4.36. The van der Waals surface area contributed by atoms with Crippen molar-refractivity contribution >= 4 is 17.4 Å². The molecule has 0 bridgehead atoms. The zero-order valence-electron chi connectivity index (χ0n) is 17.6. The van der Waals surface area contributed by atoms with Crippen molar-refractivity contribution < 1.29 is 22.4 Å². The average Bonchev–Trinajstić information content (AvgIpc) is 3.36. The molecule has 10 nitrogen and oxygen atoms in total. The summed E-state index contributed by atoms with van der Waals surface area (Å²) in [6.45, 7) is 4.85. The topological polar surface area (TPSA) is 116 Å². The molecule has 0 radical (unpaired) electrons. The maximum atomic E-state index is 14.2. The van der Waals surface area contributed by atoms with Crippen LogP contribution in [0, 0.1) is 26.6 Å². The average molecular weight is 463 g/mol. The predicted molar refractivity (Wildman–Crippen MR) is 106 cm³/mol. The summed E-state index contributed by atoms with van der Waals surface area (Å²) in [6.07, 6.45) is -4.61. The number of amides is 1. The summed E-state index contributed by atoms with van der Waals surface area (Å²) in [7, 11) is 0. The lowest BCUT2D eigenvalue weighted by atomic mass is 10.1. The first-order valence-corrected chi connectivity index (χ1v) is 9.69. The fourth-order valence-corrected chi connectivity index (χ4v) is 3.35. The molecule has 0 atom stereocenters. The van der Waals surface area contributed by atoms with Crippen LogP contribution in [0.1, 0.15) is 35.0 Å². The highest BCUT2D eigenvalue weighted by Crippen LogP contribution is 2.27. The molecule has 0 saturated carbocycles. The Morgan fingerprint density at radius 1 is 1.15 bits per heavy atom. The number of carbonyl (C=O) groups excluding carboxylic acids is 1. The minimum Gasteiger partial charge on any atom is -0.324 e. The highest BCUT2D eigenvalue weighted by atomic mass is 19.4. The zero-order valence-corrected chi connectivity index (χ0v) is 17.6. The van der Waals surface area contributed by atoms with Gasteiger partial charge in [-0.25, -0.2) is 13.9 Å². The van der Waals surface area contributed by atoms with Crippen LogP contribution < -0.4 is 5.32 Å². The predicted octanol–water partition coefficient (Wildman–Crippen LogP) is 2.75. The second kappa shape index (κ2) is 8.18. The Hall–Kier alpha value is -3.97. The number of alkyl halides is 3. The highest BCUT2D eigenvalue weighted by molar-refractivity contribution is 5.91. The Balaban J connectivity index is 1.52. The summed E-state index contributed by atoms with van der Waals surface area (Å²) in [5.41, 5.74) is 1.77. The molecule has 172 valence electrons. The number of nitrogens with zero attached hydrogens (tertiary/aromatic N) is 8. The molecule has 0 saturated heterocycles. The fourth-order valence-electron chi connectivity index (χ4n) is 3.35. The molecule has 3 heterocycles. The van der Waals surface area contributed by atoms with Gasteiger partial charge in [0, 0.05) is 17.8 Å². The standard InChI is InChI=1S/C19H17F4N9O/c1-9-13(10(2)31-18(24-9)26-17(28-31)19(21,22)23)5-7-16(33)25-15-8-12(4-6-14(15)20)32-11(3)27-29-30-32/h4,6,8H,5,7H2,1-3H3,(H,25,33). The second-order valence-corrected chi connectivity index (χ2v) is 7.26. The summed E-state index contributed by atoms with van der Waals surface area (Å²) in [5.74, 6) is -2.12. The lowest BCUT2D eigenvalue weighted by Crippen LogP contribution is -2.15. The monoisotopic (exact) mass is 463 g/mol. The van der Waals surface area contributed by atoms with Crippen LogP contribution in [0.15, 0.2) is 18.2 Å². The number of benzene rings is 1. The Kier molecular flexibility index (Phi) is 5.51. The van der Waals surface area contributed by atoms with E-state index in [1.807, 2.05) is 0 Å². The van der Waals surface area contributed by atoms with Gasteiger partial charge >= 0.3 is 6.18 Å². The van der Waals surface area contributed by atoms with Gasteiger partial charge in [-0.2, -0.15) is 22.8 Å². The van der Waals surface area contributed by atoms with Crippen LogP contribution in [0.25, 0.3) is 11.5 Å². The van der Waals surface area contributed by atoms with Gasteiger partial charge in [0.1, 0.15) is 5.82 Å². The number of aromatic nitrogens is 8. The van der Waals surface area contributed by atoms with Crippen molar-refractivity contribution in [1.29, 1.82) is 0 Å². The third-order valence-electron chi connectivity index (χ3n) is 5.00. The molecule has 1 amide bonds. The fraction of sp³-hybridized carbons (Fsp3) is 0.316. The number of anilines is 1. The largest absolute Gasteiger partial charge is 0.453 e. The van der Waals surface area contributed by atoms with E-state index in [4.69, 9.17) is 0 Å². The number of fused-ring (bicyclic) bond motifs is 1. The molecular weight excluding hydrogens is 446 g/mol. The quantitative estimate of drug-likeness (QED) is 0.453. The minimum atomic E-state index is -4.70. The molecule has 3 aromatic heterocycles. The normalized spacial score (nSPS) is 11.8. The van der Waals surface area contributed by atoms with E-state index in [2.05, 4.69) is 35.9 Å².